The molecule has 90 valence electrons. The average Bonchev–Trinajstić information content (AvgIpc) is 2.65. The maximum absolute atomic E-state index is 5.75. The first-order valence-corrected chi connectivity index (χ1v) is 6.80. The molecule has 1 saturated heterocycles. The van der Waals surface area contributed by atoms with Crippen LogP contribution in [0.25, 0.3) is 0 Å². The van der Waals surface area contributed by atoms with Crippen molar-refractivity contribution in [3.63, 3.8) is 0 Å². The van der Waals surface area contributed by atoms with Crippen molar-refractivity contribution < 1.29 is 0 Å². The van der Waals surface area contributed by atoms with Gasteiger partial charge in [-0.15, -0.1) is 10.2 Å². The van der Waals surface area contributed by atoms with E-state index in [2.05, 4.69) is 27.5 Å². The van der Waals surface area contributed by atoms with Gasteiger partial charge in [0.1, 0.15) is 5.01 Å². The van der Waals surface area contributed by atoms with Crippen LogP contribution in [-0.4, -0.2) is 41.8 Å². The standard InChI is InChI=1S/C10H17ClN4S/c1-15(6-8-2-4-12-5-3-8)7-9-13-14-10(11)16-9/h8,12H,2-7H2,1H3. The summed E-state index contributed by atoms with van der Waals surface area (Å²) in [5, 5.41) is 12.2. The SMILES string of the molecule is CN(Cc1nnc(Cl)s1)CC1CCNCC1. The summed E-state index contributed by atoms with van der Waals surface area (Å²) in [5.41, 5.74) is 0. The molecule has 2 rings (SSSR count). The van der Waals surface area contributed by atoms with Crippen molar-refractivity contribution in [2.75, 3.05) is 26.7 Å². The molecule has 0 atom stereocenters. The highest BCUT2D eigenvalue weighted by atomic mass is 35.5. The smallest absolute Gasteiger partial charge is 0.207 e. The highest BCUT2D eigenvalue weighted by Crippen LogP contribution is 2.18. The van der Waals surface area contributed by atoms with E-state index >= 15 is 0 Å². The zero-order valence-corrected chi connectivity index (χ0v) is 11.0. The maximum atomic E-state index is 5.75. The van der Waals surface area contributed by atoms with E-state index in [1.807, 2.05) is 0 Å². The third-order valence-corrected chi connectivity index (χ3v) is 3.88. The monoisotopic (exact) mass is 260 g/mol. The predicted octanol–water partition coefficient (Wildman–Crippen LogP) is 1.62. The molecule has 6 heteroatoms. The zero-order chi connectivity index (χ0) is 11.4. The summed E-state index contributed by atoms with van der Waals surface area (Å²) in [4.78, 5) is 2.31. The first-order chi connectivity index (χ1) is 7.74. The van der Waals surface area contributed by atoms with Crippen molar-refractivity contribution in [1.82, 2.24) is 20.4 Å². The molecule has 0 bridgehead atoms. The summed E-state index contributed by atoms with van der Waals surface area (Å²) in [6.45, 7) is 4.31. The fourth-order valence-electron chi connectivity index (χ4n) is 2.10. The number of nitrogens with one attached hydrogen (secondary N) is 1. The van der Waals surface area contributed by atoms with E-state index in [1.54, 1.807) is 0 Å². The van der Waals surface area contributed by atoms with Gasteiger partial charge in [0.2, 0.25) is 4.47 Å². The fourth-order valence-corrected chi connectivity index (χ4v) is 3.05. The van der Waals surface area contributed by atoms with Crippen LogP contribution in [0.15, 0.2) is 0 Å². The van der Waals surface area contributed by atoms with Crippen LogP contribution in [0.3, 0.4) is 0 Å². The molecule has 1 N–H and O–H groups in total. The van der Waals surface area contributed by atoms with Crippen LogP contribution in [0.5, 0.6) is 0 Å². The fraction of sp³-hybridized carbons (Fsp3) is 0.800. The third-order valence-electron chi connectivity index (χ3n) is 2.88. The Morgan fingerprint density at radius 2 is 2.19 bits per heavy atom. The molecule has 1 aromatic heterocycles. The summed E-state index contributed by atoms with van der Waals surface area (Å²) in [6, 6.07) is 0. The van der Waals surface area contributed by atoms with Crippen molar-refractivity contribution in [3.05, 3.63) is 9.47 Å². The molecular formula is C10H17ClN4S. The Bertz CT molecular complexity index is 324. The number of piperidine rings is 1. The van der Waals surface area contributed by atoms with E-state index < -0.39 is 0 Å². The highest BCUT2D eigenvalue weighted by molar-refractivity contribution is 7.15. The van der Waals surface area contributed by atoms with Gasteiger partial charge in [-0.05, 0) is 50.5 Å². The van der Waals surface area contributed by atoms with E-state index in [4.69, 9.17) is 11.6 Å². The van der Waals surface area contributed by atoms with E-state index in [1.165, 1.54) is 24.2 Å². The summed E-state index contributed by atoms with van der Waals surface area (Å²) in [7, 11) is 2.14. The molecule has 0 amide bonds. The number of nitrogens with zero attached hydrogens (tertiary/aromatic N) is 3. The van der Waals surface area contributed by atoms with Gasteiger partial charge in [0.05, 0.1) is 6.54 Å². The second kappa shape index (κ2) is 5.91. The molecule has 0 unspecified atom stereocenters. The Hall–Kier alpha value is -0.230. The molecule has 1 aliphatic rings. The van der Waals surface area contributed by atoms with Crippen molar-refractivity contribution in [2.45, 2.75) is 19.4 Å². The van der Waals surface area contributed by atoms with Gasteiger partial charge < -0.3 is 5.32 Å². The number of hydrogen-bond acceptors (Lipinski definition) is 5. The van der Waals surface area contributed by atoms with E-state index in [0.717, 1.165) is 37.1 Å². The Morgan fingerprint density at radius 3 is 2.81 bits per heavy atom. The Morgan fingerprint density at radius 1 is 1.44 bits per heavy atom. The Balaban J connectivity index is 1.77. The van der Waals surface area contributed by atoms with Crippen LogP contribution < -0.4 is 5.32 Å². The molecule has 16 heavy (non-hydrogen) atoms. The van der Waals surface area contributed by atoms with Gasteiger partial charge >= 0.3 is 0 Å². The largest absolute Gasteiger partial charge is 0.317 e. The molecule has 1 aliphatic heterocycles. The van der Waals surface area contributed by atoms with Crippen LogP contribution in [0.4, 0.5) is 0 Å². The second-order valence-electron chi connectivity index (χ2n) is 4.34. The van der Waals surface area contributed by atoms with Gasteiger partial charge in [-0.2, -0.15) is 0 Å². The van der Waals surface area contributed by atoms with Crippen LogP contribution >= 0.6 is 22.9 Å². The lowest BCUT2D eigenvalue weighted by Crippen LogP contribution is -2.34. The van der Waals surface area contributed by atoms with Gasteiger partial charge in [-0.1, -0.05) is 11.3 Å². The minimum absolute atomic E-state index is 0.533. The predicted molar refractivity (Wildman–Crippen MR) is 66.8 cm³/mol. The van der Waals surface area contributed by atoms with Crippen molar-refractivity contribution in [3.8, 4) is 0 Å². The van der Waals surface area contributed by atoms with Gasteiger partial charge in [-0.25, -0.2) is 0 Å². The zero-order valence-electron chi connectivity index (χ0n) is 9.45. The minimum atomic E-state index is 0.533. The lowest BCUT2D eigenvalue weighted by Gasteiger charge is -2.26. The number of rotatable bonds is 4. The Labute approximate surface area is 105 Å². The molecular weight excluding hydrogens is 244 g/mol. The first-order valence-electron chi connectivity index (χ1n) is 5.61. The quantitative estimate of drug-likeness (QED) is 0.893. The van der Waals surface area contributed by atoms with Crippen LogP contribution in [0.1, 0.15) is 17.8 Å². The number of halogens is 1. The first kappa shape index (κ1) is 12.2. The van der Waals surface area contributed by atoms with Crippen LogP contribution in [0.2, 0.25) is 4.47 Å². The normalized spacial score (nSPS) is 18.2. The molecule has 0 saturated carbocycles. The van der Waals surface area contributed by atoms with E-state index in [-0.39, 0.29) is 0 Å². The van der Waals surface area contributed by atoms with Crippen molar-refractivity contribution in [2.24, 2.45) is 5.92 Å². The van der Waals surface area contributed by atoms with Crippen LogP contribution in [0, 0.1) is 5.92 Å². The lowest BCUT2D eigenvalue weighted by atomic mass is 9.98. The molecule has 0 spiro atoms. The van der Waals surface area contributed by atoms with Gasteiger partial charge in [0.25, 0.3) is 0 Å². The van der Waals surface area contributed by atoms with Gasteiger partial charge in [0, 0.05) is 6.54 Å². The Kier molecular flexibility index (Phi) is 4.52. The summed E-state index contributed by atoms with van der Waals surface area (Å²) in [5.74, 6) is 0.814. The van der Waals surface area contributed by atoms with E-state index in [9.17, 15) is 0 Å². The topological polar surface area (TPSA) is 41.1 Å². The average molecular weight is 261 g/mol. The second-order valence-corrected chi connectivity index (χ2v) is 5.98. The van der Waals surface area contributed by atoms with Gasteiger partial charge in [0.15, 0.2) is 0 Å². The van der Waals surface area contributed by atoms with Crippen molar-refractivity contribution in [1.29, 1.82) is 0 Å². The maximum Gasteiger partial charge on any atom is 0.207 e. The third kappa shape index (κ3) is 3.66. The highest BCUT2D eigenvalue weighted by Gasteiger charge is 2.15. The minimum Gasteiger partial charge on any atom is -0.317 e. The summed E-state index contributed by atoms with van der Waals surface area (Å²) >= 11 is 7.22. The summed E-state index contributed by atoms with van der Waals surface area (Å²) < 4.78 is 0.533. The lowest BCUT2D eigenvalue weighted by molar-refractivity contribution is 0.234. The molecule has 1 fully saturated rings. The van der Waals surface area contributed by atoms with Crippen molar-refractivity contribution >= 4 is 22.9 Å². The molecule has 2 heterocycles. The number of hydrogen-bond donors (Lipinski definition) is 1. The summed E-state index contributed by atoms with van der Waals surface area (Å²) in [6.07, 6.45) is 2.56. The van der Waals surface area contributed by atoms with Gasteiger partial charge in [-0.3, -0.25) is 4.90 Å². The molecule has 0 aromatic carbocycles. The van der Waals surface area contributed by atoms with Crippen LogP contribution in [-0.2, 0) is 6.54 Å². The number of aromatic nitrogens is 2. The molecule has 4 nitrogen and oxygen atoms in total. The molecule has 0 aliphatic carbocycles. The van der Waals surface area contributed by atoms with E-state index in [0.29, 0.717) is 4.47 Å². The molecule has 0 radical (unpaired) electrons. The molecule has 1 aromatic rings.